The highest BCUT2D eigenvalue weighted by molar-refractivity contribution is 5.97. The van der Waals surface area contributed by atoms with Crippen LogP contribution < -0.4 is 5.32 Å². The number of nitrogens with one attached hydrogen (secondary N) is 1. The topological polar surface area (TPSA) is 85.7 Å². The standard InChI is InChI=1S/C18H22N4O3/c1-2-25-18(24)22-10-8-21(9-11-22)14-16(12-19)17(23)20-13-15-6-4-3-5-7-15/h3-7,14H,2,8-11,13H2,1H3,(H,20,23)/b16-14+. The maximum absolute atomic E-state index is 12.2. The largest absolute Gasteiger partial charge is 0.450 e. The Hall–Kier alpha value is -3.01. The second kappa shape index (κ2) is 9.33. The van der Waals surface area contributed by atoms with Gasteiger partial charge in [0.05, 0.1) is 6.61 Å². The molecule has 132 valence electrons. The summed E-state index contributed by atoms with van der Waals surface area (Å²) >= 11 is 0. The second-order valence-corrected chi connectivity index (χ2v) is 5.54. The van der Waals surface area contributed by atoms with Gasteiger partial charge in [0.1, 0.15) is 11.6 Å². The van der Waals surface area contributed by atoms with Crippen molar-refractivity contribution in [1.82, 2.24) is 15.1 Å². The highest BCUT2D eigenvalue weighted by Gasteiger charge is 2.21. The first-order valence-electron chi connectivity index (χ1n) is 8.23. The Morgan fingerprint density at radius 1 is 1.24 bits per heavy atom. The minimum absolute atomic E-state index is 0.0560. The first kappa shape index (κ1) is 18.3. The molecule has 0 atom stereocenters. The van der Waals surface area contributed by atoms with Crippen molar-refractivity contribution >= 4 is 12.0 Å². The molecule has 1 saturated heterocycles. The number of carbonyl (C=O) groups is 2. The monoisotopic (exact) mass is 342 g/mol. The number of hydrogen-bond acceptors (Lipinski definition) is 5. The van der Waals surface area contributed by atoms with Gasteiger partial charge in [-0.15, -0.1) is 0 Å². The van der Waals surface area contributed by atoms with Crippen LogP contribution in [0.4, 0.5) is 4.79 Å². The van der Waals surface area contributed by atoms with Gasteiger partial charge >= 0.3 is 6.09 Å². The van der Waals surface area contributed by atoms with Gasteiger partial charge in [0.25, 0.3) is 5.91 Å². The van der Waals surface area contributed by atoms with Gasteiger partial charge in [-0.25, -0.2) is 4.79 Å². The van der Waals surface area contributed by atoms with Gasteiger partial charge in [0.15, 0.2) is 0 Å². The van der Waals surface area contributed by atoms with E-state index >= 15 is 0 Å². The average molecular weight is 342 g/mol. The molecule has 1 heterocycles. The van der Waals surface area contributed by atoms with Crippen LogP contribution in [0.5, 0.6) is 0 Å². The highest BCUT2D eigenvalue weighted by Crippen LogP contribution is 2.07. The fourth-order valence-corrected chi connectivity index (χ4v) is 2.44. The molecular formula is C18H22N4O3. The van der Waals surface area contributed by atoms with Crippen LogP contribution in [0.25, 0.3) is 0 Å². The van der Waals surface area contributed by atoms with Crippen molar-refractivity contribution in [2.75, 3.05) is 32.8 Å². The Morgan fingerprint density at radius 3 is 2.52 bits per heavy atom. The van der Waals surface area contributed by atoms with Gasteiger partial charge in [0.2, 0.25) is 0 Å². The number of nitrogens with zero attached hydrogens (tertiary/aromatic N) is 3. The van der Waals surface area contributed by atoms with Crippen LogP contribution in [-0.2, 0) is 16.1 Å². The van der Waals surface area contributed by atoms with E-state index in [0.717, 1.165) is 5.56 Å². The summed E-state index contributed by atoms with van der Waals surface area (Å²) in [6, 6.07) is 11.5. The summed E-state index contributed by atoms with van der Waals surface area (Å²) in [6.45, 7) is 4.59. The van der Waals surface area contributed by atoms with Gasteiger partial charge in [0, 0.05) is 38.9 Å². The van der Waals surface area contributed by atoms with E-state index in [1.807, 2.05) is 41.3 Å². The number of nitriles is 1. The minimum Gasteiger partial charge on any atom is -0.450 e. The van der Waals surface area contributed by atoms with Gasteiger partial charge in [-0.05, 0) is 12.5 Å². The molecule has 25 heavy (non-hydrogen) atoms. The van der Waals surface area contributed by atoms with Gasteiger partial charge in [-0.2, -0.15) is 5.26 Å². The molecular weight excluding hydrogens is 320 g/mol. The molecule has 0 radical (unpaired) electrons. The maximum atomic E-state index is 12.2. The molecule has 1 aliphatic rings. The quantitative estimate of drug-likeness (QED) is 0.647. The molecule has 0 unspecified atom stereocenters. The van der Waals surface area contributed by atoms with Crippen LogP contribution in [0.15, 0.2) is 42.1 Å². The maximum Gasteiger partial charge on any atom is 0.409 e. The van der Waals surface area contributed by atoms with Crippen molar-refractivity contribution in [3.8, 4) is 6.07 Å². The molecule has 1 aliphatic heterocycles. The second-order valence-electron chi connectivity index (χ2n) is 5.54. The van der Waals surface area contributed by atoms with Crippen molar-refractivity contribution in [3.05, 3.63) is 47.7 Å². The third-order valence-corrected chi connectivity index (χ3v) is 3.81. The van der Waals surface area contributed by atoms with Crippen molar-refractivity contribution in [2.24, 2.45) is 0 Å². The summed E-state index contributed by atoms with van der Waals surface area (Å²) in [5, 5.41) is 12.0. The van der Waals surface area contributed by atoms with Gasteiger partial charge < -0.3 is 19.9 Å². The van der Waals surface area contributed by atoms with Gasteiger partial charge in [-0.3, -0.25) is 4.79 Å². The number of carbonyl (C=O) groups excluding carboxylic acids is 2. The highest BCUT2D eigenvalue weighted by atomic mass is 16.6. The van der Waals surface area contributed by atoms with E-state index in [2.05, 4.69) is 5.32 Å². The number of ether oxygens (including phenoxy) is 1. The first-order chi connectivity index (χ1) is 12.1. The first-order valence-corrected chi connectivity index (χ1v) is 8.23. The molecule has 0 saturated carbocycles. The molecule has 7 heteroatoms. The zero-order valence-electron chi connectivity index (χ0n) is 14.3. The Bertz CT molecular complexity index is 659. The summed E-state index contributed by atoms with van der Waals surface area (Å²) in [7, 11) is 0. The molecule has 0 aromatic heterocycles. The Balaban J connectivity index is 1.86. The number of rotatable bonds is 5. The lowest BCUT2D eigenvalue weighted by molar-refractivity contribution is -0.117. The van der Waals surface area contributed by atoms with Gasteiger partial charge in [-0.1, -0.05) is 30.3 Å². The zero-order valence-corrected chi connectivity index (χ0v) is 14.3. The van der Waals surface area contributed by atoms with Crippen molar-refractivity contribution in [3.63, 3.8) is 0 Å². The fraction of sp³-hybridized carbons (Fsp3) is 0.389. The molecule has 1 aromatic rings. The molecule has 1 aromatic carbocycles. The van der Waals surface area contributed by atoms with Crippen molar-refractivity contribution < 1.29 is 14.3 Å². The van der Waals surface area contributed by atoms with Crippen LogP contribution in [-0.4, -0.2) is 54.6 Å². The normalized spacial score (nSPS) is 14.6. The smallest absolute Gasteiger partial charge is 0.409 e. The lowest BCUT2D eigenvalue weighted by Crippen LogP contribution is -2.47. The van der Waals surface area contributed by atoms with E-state index in [-0.39, 0.29) is 11.7 Å². The van der Waals surface area contributed by atoms with Crippen molar-refractivity contribution in [1.29, 1.82) is 5.26 Å². The molecule has 1 N–H and O–H groups in total. The molecule has 0 spiro atoms. The van der Waals surface area contributed by atoms with Crippen molar-refractivity contribution in [2.45, 2.75) is 13.5 Å². The zero-order chi connectivity index (χ0) is 18.1. The van der Waals surface area contributed by atoms with Crippen LogP contribution in [0, 0.1) is 11.3 Å². The number of piperazine rings is 1. The summed E-state index contributed by atoms with van der Waals surface area (Å²) < 4.78 is 4.97. The predicted molar refractivity (Wildman–Crippen MR) is 92.2 cm³/mol. The molecule has 7 nitrogen and oxygen atoms in total. The van der Waals surface area contributed by atoms with Crippen LogP contribution in [0.2, 0.25) is 0 Å². The van der Waals surface area contributed by atoms with E-state index in [9.17, 15) is 14.9 Å². The van der Waals surface area contributed by atoms with Crippen LogP contribution in [0.3, 0.4) is 0 Å². The van der Waals surface area contributed by atoms with E-state index in [1.165, 1.54) is 0 Å². The Labute approximate surface area is 147 Å². The third kappa shape index (κ3) is 5.53. The summed E-state index contributed by atoms with van der Waals surface area (Å²) in [5.41, 5.74) is 1.02. The molecule has 2 rings (SSSR count). The fourth-order valence-electron chi connectivity index (χ4n) is 2.44. The summed E-state index contributed by atoms with van der Waals surface area (Å²) in [6.07, 6.45) is 1.23. The van der Waals surface area contributed by atoms with E-state index in [4.69, 9.17) is 4.74 Å². The minimum atomic E-state index is -0.404. The van der Waals surface area contributed by atoms with Crippen LogP contribution in [0.1, 0.15) is 12.5 Å². The summed E-state index contributed by atoms with van der Waals surface area (Å²) in [4.78, 5) is 27.3. The van der Waals surface area contributed by atoms with E-state index in [0.29, 0.717) is 39.3 Å². The van der Waals surface area contributed by atoms with E-state index in [1.54, 1.807) is 18.0 Å². The Kier molecular flexibility index (Phi) is 6.84. The average Bonchev–Trinajstić information content (AvgIpc) is 2.65. The molecule has 0 bridgehead atoms. The number of amides is 2. The predicted octanol–water partition coefficient (Wildman–Crippen LogP) is 1.48. The number of hydrogen-bond donors (Lipinski definition) is 1. The Morgan fingerprint density at radius 2 is 1.92 bits per heavy atom. The molecule has 2 amide bonds. The lowest BCUT2D eigenvalue weighted by Gasteiger charge is -2.33. The van der Waals surface area contributed by atoms with Crippen LogP contribution >= 0.6 is 0 Å². The molecule has 0 aliphatic carbocycles. The molecule has 1 fully saturated rings. The SMILES string of the molecule is CCOC(=O)N1CCN(/C=C(\C#N)C(=O)NCc2ccccc2)CC1. The third-order valence-electron chi connectivity index (χ3n) is 3.81. The summed E-state index contributed by atoms with van der Waals surface area (Å²) in [5.74, 6) is -0.404. The number of benzene rings is 1. The van der Waals surface area contributed by atoms with E-state index < -0.39 is 5.91 Å². The lowest BCUT2D eigenvalue weighted by atomic mass is 10.2.